The number of aromatic nitrogens is 1. The maximum atomic E-state index is 12.6. The SMILES string of the molecule is CC1CC(NC(=O)C2CCCN(C(=O)c3ccncc3)C2)CCN1. The van der Waals surface area contributed by atoms with Gasteiger partial charge in [0.15, 0.2) is 0 Å². The Kier molecular flexibility index (Phi) is 5.45. The summed E-state index contributed by atoms with van der Waals surface area (Å²) in [5.74, 6) is -0.0125. The highest BCUT2D eigenvalue weighted by Crippen LogP contribution is 2.20. The van der Waals surface area contributed by atoms with Crippen molar-refractivity contribution in [1.82, 2.24) is 20.5 Å². The number of nitrogens with one attached hydrogen (secondary N) is 2. The maximum Gasteiger partial charge on any atom is 0.253 e. The number of nitrogens with zero attached hydrogens (tertiary/aromatic N) is 2. The molecule has 6 heteroatoms. The predicted molar refractivity (Wildman–Crippen MR) is 91.5 cm³/mol. The van der Waals surface area contributed by atoms with Gasteiger partial charge in [0.2, 0.25) is 5.91 Å². The lowest BCUT2D eigenvalue weighted by Gasteiger charge is -2.34. The Labute approximate surface area is 143 Å². The summed E-state index contributed by atoms with van der Waals surface area (Å²) in [7, 11) is 0. The third kappa shape index (κ3) is 4.12. The molecule has 2 fully saturated rings. The zero-order valence-corrected chi connectivity index (χ0v) is 14.2. The van der Waals surface area contributed by atoms with Crippen molar-refractivity contribution in [1.29, 1.82) is 0 Å². The van der Waals surface area contributed by atoms with Gasteiger partial charge in [0.05, 0.1) is 5.92 Å². The van der Waals surface area contributed by atoms with Crippen molar-refractivity contribution in [2.75, 3.05) is 19.6 Å². The first kappa shape index (κ1) is 16.9. The Bertz CT molecular complexity index is 578. The van der Waals surface area contributed by atoms with E-state index in [1.165, 1.54) is 0 Å². The van der Waals surface area contributed by atoms with E-state index in [9.17, 15) is 9.59 Å². The summed E-state index contributed by atoms with van der Waals surface area (Å²) in [6.07, 6.45) is 6.92. The van der Waals surface area contributed by atoms with Crippen LogP contribution in [-0.4, -0.2) is 53.4 Å². The van der Waals surface area contributed by atoms with Crippen LogP contribution in [0.4, 0.5) is 0 Å². The molecule has 2 N–H and O–H groups in total. The van der Waals surface area contributed by atoms with E-state index in [-0.39, 0.29) is 23.8 Å². The minimum atomic E-state index is -0.102. The number of rotatable bonds is 3. The monoisotopic (exact) mass is 330 g/mol. The third-order valence-corrected chi connectivity index (χ3v) is 4.98. The topological polar surface area (TPSA) is 74.3 Å². The number of amides is 2. The van der Waals surface area contributed by atoms with Gasteiger partial charge < -0.3 is 15.5 Å². The molecule has 0 aromatic carbocycles. The van der Waals surface area contributed by atoms with E-state index in [0.29, 0.717) is 18.2 Å². The van der Waals surface area contributed by atoms with Gasteiger partial charge >= 0.3 is 0 Å². The molecule has 2 aliphatic heterocycles. The van der Waals surface area contributed by atoms with Crippen LogP contribution in [0.5, 0.6) is 0 Å². The van der Waals surface area contributed by atoms with E-state index in [4.69, 9.17) is 0 Å². The third-order valence-electron chi connectivity index (χ3n) is 4.98. The summed E-state index contributed by atoms with van der Waals surface area (Å²) >= 11 is 0. The summed E-state index contributed by atoms with van der Waals surface area (Å²) in [6, 6.07) is 4.14. The standard InChI is InChI=1S/C18H26N4O2/c1-13-11-16(6-9-20-13)21-17(23)15-3-2-10-22(12-15)18(24)14-4-7-19-8-5-14/h4-5,7-8,13,15-16,20H,2-3,6,9-12H2,1H3,(H,21,23). The van der Waals surface area contributed by atoms with E-state index in [1.807, 2.05) is 0 Å². The van der Waals surface area contributed by atoms with E-state index < -0.39 is 0 Å². The Balaban J connectivity index is 1.56. The molecule has 130 valence electrons. The Hall–Kier alpha value is -1.95. The van der Waals surface area contributed by atoms with Crippen LogP contribution in [0.25, 0.3) is 0 Å². The fourth-order valence-corrected chi connectivity index (χ4v) is 3.63. The lowest BCUT2D eigenvalue weighted by Crippen LogP contribution is -2.51. The number of likely N-dealkylation sites (tertiary alicyclic amines) is 1. The van der Waals surface area contributed by atoms with Gasteiger partial charge in [-0.3, -0.25) is 14.6 Å². The van der Waals surface area contributed by atoms with Gasteiger partial charge in [0, 0.05) is 43.1 Å². The van der Waals surface area contributed by atoms with Crippen molar-refractivity contribution >= 4 is 11.8 Å². The van der Waals surface area contributed by atoms with E-state index in [0.717, 1.165) is 38.8 Å². The number of hydrogen-bond donors (Lipinski definition) is 2. The molecular weight excluding hydrogens is 304 g/mol. The largest absolute Gasteiger partial charge is 0.353 e. The molecule has 0 bridgehead atoms. The molecule has 24 heavy (non-hydrogen) atoms. The predicted octanol–water partition coefficient (Wildman–Crippen LogP) is 1.19. The summed E-state index contributed by atoms with van der Waals surface area (Å²) in [4.78, 5) is 30.9. The number of carbonyl (C=O) groups excluding carboxylic acids is 2. The Morgan fingerprint density at radius 2 is 2.08 bits per heavy atom. The van der Waals surface area contributed by atoms with Gasteiger partial charge in [-0.2, -0.15) is 0 Å². The fraction of sp³-hybridized carbons (Fsp3) is 0.611. The van der Waals surface area contributed by atoms with Gasteiger partial charge in [-0.15, -0.1) is 0 Å². The Morgan fingerprint density at radius 3 is 2.83 bits per heavy atom. The van der Waals surface area contributed by atoms with Crippen LogP contribution >= 0.6 is 0 Å². The molecular formula is C18H26N4O2. The molecule has 3 rings (SSSR count). The van der Waals surface area contributed by atoms with Gasteiger partial charge in [0.1, 0.15) is 0 Å². The summed E-state index contributed by atoms with van der Waals surface area (Å²) in [6.45, 7) is 4.32. The van der Waals surface area contributed by atoms with Gasteiger partial charge in [-0.1, -0.05) is 0 Å². The second-order valence-electron chi connectivity index (χ2n) is 6.91. The second kappa shape index (κ2) is 7.75. The van der Waals surface area contributed by atoms with Crippen molar-refractivity contribution in [2.45, 2.75) is 44.7 Å². The fourth-order valence-electron chi connectivity index (χ4n) is 3.63. The minimum Gasteiger partial charge on any atom is -0.353 e. The molecule has 1 aromatic heterocycles. The molecule has 0 radical (unpaired) electrons. The highest BCUT2D eigenvalue weighted by molar-refractivity contribution is 5.94. The summed E-state index contributed by atoms with van der Waals surface area (Å²) < 4.78 is 0. The van der Waals surface area contributed by atoms with Crippen LogP contribution < -0.4 is 10.6 Å². The lowest BCUT2D eigenvalue weighted by molar-refractivity contribution is -0.127. The van der Waals surface area contributed by atoms with Crippen LogP contribution in [-0.2, 0) is 4.79 Å². The lowest BCUT2D eigenvalue weighted by atomic mass is 9.94. The highest BCUT2D eigenvalue weighted by Gasteiger charge is 2.30. The molecule has 1 aromatic rings. The minimum absolute atomic E-state index is 0.00890. The van der Waals surface area contributed by atoms with Crippen LogP contribution in [0, 0.1) is 5.92 Å². The normalized spacial score (nSPS) is 27.5. The van der Waals surface area contributed by atoms with E-state index in [1.54, 1.807) is 29.4 Å². The van der Waals surface area contributed by atoms with Crippen LogP contribution in [0.2, 0.25) is 0 Å². The quantitative estimate of drug-likeness (QED) is 0.873. The molecule has 3 atom stereocenters. The molecule has 0 aliphatic carbocycles. The van der Waals surface area contributed by atoms with Crippen molar-refractivity contribution in [3.05, 3.63) is 30.1 Å². The number of carbonyl (C=O) groups is 2. The molecule has 0 saturated carbocycles. The first-order valence-corrected chi connectivity index (χ1v) is 8.86. The molecule has 2 amide bonds. The van der Waals surface area contributed by atoms with Gasteiger partial charge in [-0.05, 0) is 51.3 Å². The van der Waals surface area contributed by atoms with Crippen molar-refractivity contribution in [3.63, 3.8) is 0 Å². The molecule has 3 heterocycles. The average molecular weight is 330 g/mol. The first-order chi connectivity index (χ1) is 11.6. The van der Waals surface area contributed by atoms with Crippen molar-refractivity contribution in [2.24, 2.45) is 5.92 Å². The maximum absolute atomic E-state index is 12.6. The van der Waals surface area contributed by atoms with Crippen molar-refractivity contribution in [3.8, 4) is 0 Å². The highest BCUT2D eigenvalue weighted by atomic mass is 16.2. The smallest absolute Gasteiger partial charge is 0.253 e. The van der Waals surface area contributed by atoms with Gasteiger partial charge in [0.25, 0.3) is 5.91 Å². The molecule has 0 spiro atoms. The molecule has 6 nitrogen and oxygen atoms in total. The average Bonchev–Trinajstić information content (AvgIpc) is 2.62. The first-order valence-electron chi connectivity index (χ1n) is 8.86. The number of hydrogen-bond acceptors (Lipinski definition) is 4. The summed E-state index contributed by atoms with van der Waals surface area (Å²) in [5, 5.41) is 6.59. The molecule has 2 saturated heterocycles. The van der Waals surface area contributed by atoms with Crippen LogP contribution in [0.3, 0.4) is 0 Å². The van der Waals surface area contributed by atoms with Crippen LogP contribution in [0.15, 0.2) is 24.5 Å². The number of pyridine rings is 1. The van der Waals surface area contributed by atoms with Gasteiger partial charge in [-0.25, -0.2) is 0 Å². The van der Waals surface area contributed by atoms with Crippen molar-refractivity contribution < 1.29 is 9.59 Å². The zero-order valence-electron chi connectivity index (χ0n) is 14.2. The molecule has 2 aliphatic rings. The molecule has 3 unspecified atom stereocenters. The second-order valence-corrected chi connectivity index (χ2v) is 6.91. The zero-order chi connectivity index (χ0) is 16.9. The summed E-state index contributed by atoms with van der Waals surface area (Å²) in [5.41, 5.74) is 0.637. The van der Waals surface area contributed by atoms with Crippen LogP contribution in [0.1, 0.15) is 43.0 Å². The number of piperidine rings is 2. The van der Waals surface area contributed by atoms with E-state index >= 15 is 0 Å². The van der Waals surface area contributed by atoms with E-state index in [2.05, 4.69) is 22.5 Å². The Morgan fingerprint density at radius 1 is 1.29 bits per heavy atom.